The maximum atomic E-state index is 12.0. The molecule has 0 radical (unpaired) electrons. The molecule has 0 spiro atoms. The summed E-state index contributed by atoms with van der Waals surface area (Å²) in [5.41, 5.74) is 3.30. The zero-order valence-corrected chi connectivity index (χ0v) is 10.5. The summed E-state index contributed by atoms with van der Waals surface area (Å²) in [6.07, 6.45) is 4.94. The van der Waals surface area contributed by atoms with Gasteiger partial charge in [0, 0.05) is 37.0 Å². The largest absolute Gasteiger partial charge is 0.373 e. The summed E-state index contributed by atoms with van der Waals surface area (Å²) in [5, 5.41) is 6.19. The Balaban J connectivity index is 1.50. The summed E-state index contributed by atoms with van der Waals surface area (Å²) in [4.78, 5) is 19.0. The maximum absolute atomic E-state index is 12.0. The molecule has 2 aromatic rings. The monoisotopic (exact) mass is 256 g/mol. The third kappa shape index (κ3) is 2.59. The lowest BCUT2D eigenvalue weighted by atomic mass is 10.1. The predicted molar refractivity (Wildman–Crippen MR) is 72.9 cm³/mol. The Bertz CT molecular complexity index is 540. The van der Waals surface area contributed by atoms with E-state index in [9.17, 15) is 4.79 Å². The minimum atomic E-state index is -0.154. The van der Waals surface area contributed by atoms with Gasteiger partial charge < -0.3 is 15.6 Å². The van der Waals surface area contributed by atoms with Crippen LogP contribution in [0.1, 0.15) is 11.3 Å². The third-order valence-electron chi connectivity index (χ3n) is 3.34. The van der Waals surface area contributed by atoms with E-state index in [0.29, 0.717) is 6.54 Å². The number of benzene rings is 1. The van der Waals surface area contributed by atoms with E-state index >= 15 is 0 Å². The Morgan fingerprint density at radius 3 is 3.11 bits per heavy atom. The molecule has 1 aromatic carbocycles. The van der Waals surface area contributed by atoms with Crippen LogP contribution in [0.25, 0.3) is 0 Å². The van der Waals surface area contributed by atoms with Crippen molar-refractivity contribution in [3.63, 3.8) is 0 Å². The predicted octanol–water partition coefficient (Wildman–Crippen LogP) is 1.11. The third-order valence-corrected chi connectivity index (χ3v) is 3.34. The Kier molecular flexibility index (Phi) is 3.18. The van der Waals surface area contributed by atoms with Crippen molar-refractivity contribution in [1.82, 2.24) is 15.3 Å². The van der Waals surface area contributed by atoms with E-state index in [-0.39, 0.29) is 11.9 Å². The summed E-state index contributed by atoms with van der Waals surface area (Å²) >= 11 is 0. The maximum Gasteiger partial charge on any atom is 0.242 e. The number of nitrogens with one attached hydrogen (secondary N) is 3. The van der Waals surface area contributed by atoms with Crippen LogP contribution in [0.4, 0.5) is 5.69 Å². The number of H-pyrrole nitrogens is 1. The fraction of sp³-hybridized carbons (Fsp3) is 0.286. The number of hydrogen-bond acceptors (Lipinski definition) is 3. The minimum Gasteiger partial charge on any atom is -0.373 e. The molecule has 0 aliphatic carbocycles. The normalized spacial score (nSPS) is 16.7. The van der Waals surface area contributed by atoms with Gasteiger partial charge in [0.25, 0.3) is 0 Å². The highest BCUT2D eigenvalue weighted by Crippen LogP contribution is 2.24. The molecule has 3 rings (SSSR count). The van der Waals surface area contributed by atoms with E-state index < -0.39 is 0 Å². The van der Waals surface area contributed by atoms with Gasteiger partial charge in [0.15, 0.2) is 0 Å². The molecule has 2 heterocycles. The molecule has 3 N–H and O–H groups in total. The average Bonchev–Trinajstić information content (AvgIpc) is 3.07. The van der Waals surface area contributed by atoms with Crippen molar-refractivity contribution in [2.45, 2.75) is 18.9 Å². The van der Waals surface area contributed by atoms with Crippen LogP contribution in [0, 0.1) is 0 Å². The molecule has 0 bridgehead atoms. The van der Waals surface area contributed by atoms with Gasteiger partial charge in [-0.3, -0.25) is 4.79 Å². The number of rotatable bonds is 4. The average molecular weight is 256 g/mol. The van der Waals surface area contributed by atoms with Crippen LogP contribution >= 0.6 is 0 Å². The van der Waals surface area contributed by atoms with Crippen LogP contribution in [0.3, 0.4) is 0 Å². The number of carbonyl (C=O) groups is 1. The number of amides is 1. The van der Waals surface area contributed by atoms with Gasteiger partial charge in [-0.1, -0.05) is 18.2 Å². The molecule has 19 heavy (non-hydrogen) atoms. The number of nitrogens with zero attached hydrogens (tertiary/aromatic N) is 1. The fourth-order valence-corrected chi connectivity index (χ4v) is 2.32. The van der Waals surface area contributed by atoms with Gasteiger partial charge in [0.05, 0.1) is 6.33 Å². The van der Waals surface area contributed by atoms with Crippen molar-refractivity contribution in [2.24, 2.45) is 0 Å². The lowest BCUT2D eigenvalue weighted by Crippen LogP contribution is -2.39. The number of aromatic amines is 1. The molecular weight excluding hydrogens is 240 g/mol. The van der Waals surface area contributed by atoms with E-state index in [1.165, 1.54) is 5.56 Å². The topological polar surface area (TPSA) is 69.8 Å². The molecule has 5 heteroatoms. The zero-order valence-electron chi connectivity index (χ0n) is 10.5. The van der Waals surface area contributed by atoms with E-state index in [4.69, 9.17) is 0 Å². The first kappa shape index (κ1) is 11.8. The van der Waals surface area contributed by atoms with Gasteiger partial charge in [-0.2, -0.15) is 0 Å². The van der Waals surface area contributed by atoms with Crippen molar-refractivity contribution < 1.29 is 4.79 Å². The second kappa shape index (κ2) is 5.14. The number of hydrogen-bond donors (Lipinski definition) is 3. The van der Waals surface area contributed by atoms with Crippen LogP contribution < -0.4 is 10.6 Å². The van der Waals surface area contributed by atoms with E-state index in [0.717, 1.165) is 24.2 Å². The van der Waals surface area contributed by atoms with Crippen molar-refractivity contribution in [2.75, 3.05) is 11.9 Å². The van der Waals surface area contributed by atoms with Crippen molar-refractivity contribution in [1.29, 1.82) is 0 Å². The Labute approximate surface area is 111 Å². The fourth-order valence-electron chi connectivity index (χ4n) is 2.32. The Morgan fingerprint density at radius 1 is 1.42 bits per heavy atom. The first-order valence-corrected chi connectivity index (χ1v) is 6.42. The highest BCUT2D eigenvalue weighted by molar-refractivity contribution is 5.87. The van der Waals surface area contributed by atoms with Crippen LogP contribution in [0.15, 0.2) is 36.8 Å². The molecule has 1 amide bonds. The number of carbonyl (C=O) groups excluding carboxylic acids is 1. The van der Waals surface area contributed by atoms with Crippen molar-refractivity contribution >= 4 is 11.6 Å². The Hall–Kier alpha value is -2.30. The first-order valence-electron chi connectivity index (χ1n) is 6.42. The van der Waals surface area contributed by atoms with Gasteiger partial charge in [-0.25, -0.2) is 4.98 Å². The van der Waals surface area contributed by atoms with E-state index in [1.54, 1.807) is 12.5 Å². The zero-order chi connectivity index (χ0) is 13.1. The summed E-state index contributed by atoms with van der Waals surface area (Å²) < 4.78 is 0. The number of fused-ring (bicyclic) bond motifs is 1. The molecule has 1 aliphatic heterocycles. The smallest absolute Gasteiger partial charge is 0.242 e. The van der Waals surface area contributed by atoms with Gasteiger partial charge in [0.1, 0.15) is 6.04 Å². The minimum absolute atomic E-state index is 0.0516. The van der Waals surface area contributed by atoms with Crippen LogP contribution in [0.5, 0.6) is 0 Å². The molecule has 0 fully saturated rings. The van der Waals surface area contributed by atoms with Gasteiger partial charge >= 0.3 is 0 Å². The quantitative estimate of drug-likeness (QED) is 0.767. The standard InChI is InChI=1S/C14H16N4O/c19-14(16-6-5-11-8-15-9-17-11)13-7-10-3-1-2-4-12(10)18-13/h1-4,8-9,13,18H,5-7H2,(H,15,17)(H,16,19)/t13-/m0/s1. The molecule has 1 aromatic heterocycles. The van der Waals surface area contributed by atoms with Crippen LogP contribution in [0.2, 0.25) is 0 Å². The molecule has 0 saturated heterocycles. The number of imidazole rings is 1. The number of para-hydroxylation sites is 1. The van der Waals surface area contributed by atoms with Gasteiger partial charge in [-0.05, 0) is 11.6 Å². The number of aromatic nitrogens is 2. The summed E-state index contributed by atoms with van der Waals surface area (Å²) in [7, 11) is 0. The summed E-state index contributed by atoms with van der Waals surface area (Å²) in [5.74, 6) is 0.0516. The first-order chi connectivity index (χ1) is 9.33. The summed E-state index contributed by atoms with van der Waals surface area (Å²) in [6, 6.07) is 7.88. The van der Waals surface area contributed by atoms with E-state index in [2.05, 4.69) is 26.7 Å². The lowest BCUT2D eigenvalue weighted by molar-refractivity contribution is -0.121. The van der Waals surface area contributed by atoms with Gasteiger partial charge in [-0.15, -0.1) is 0 Å². The van der Waals surface area contributed by atoms with E-state index in [1.807, 2.05) is 18.2 Å². The highest BCUT2D eigenvalue weighted by atomic mass is 16.2. The molecule has 1 aliphatic rings. The molecule has 1 atom stereocenters. The second-order valence-electron chi connectivity index (χ2n) is 4.68. The van der Waals surface area contributed by atoms with Gasteiger partial charge in [0.2, 0.25) is 5.91 Å². The molecule has 0 unspecified atom stereocenters. The lowest BCUT2D eigenvalue weighted by Gasteiger charge is -2.11. The van der Waals surface area contributed by atoms with Crippen molar-refractivity contribution in [3.8, 4) is 0 Å². The molecular formula is C14H16N4O. The summed E-state index contributed by atoms with van der Waals surface area (Å²) in [6.45, 7) is 0.621. The molecule has 0 saturated carbocycles. The molecule has 5 nitrogen and oxygen atoms in total. The second-order valence-corrected chi connectivity index (χ2v) is 4.68. The van der Waals surface area contributed by atoms with Crippen molar-refractivity contribution in [3.05, 3.63) is 48.0 Å². The van der Waals surface area contributed by atoms with Crippen LogP contribution in [-0.4, -0.2) is 28.5 Å². The Morgan fingerprint density at radius 2 is 2.32 bits per heavy atom. The SMILES string of the molecule is O=C(NCCc1cnc[nH]1)[C@@H]1Cc2ccccc2N1. The molecule has 98 valence electrons. The highest BCUT2D eigenvalue weighted by Gasteiger charge is 2.25. The number of anilines is 1. The van der Waals surface area contributed by atoms with Crippen LogP contribution in [-0.2, 0) is 17.6 Å².